The van der Waals surface area contributed by atoms with Crippen LogP contribution in [0.5, 0.6) is 5.75 Å². The third-order valence-corrected chi connectivity index (χ3v) is 4.36. The van der Waals surface area contributed by atoms with Crippen LogP contribution in [0.1, 0.15) is 26.7 Å². The third kappa shape index (κ3) is 4.63. The van der Waals surface area contributed by atoms with E-state index < -0.39 is 11.8 Å². The summed E-state index contributed by atoms with van der Waals surface area (Å²) in [6.07, 6.45) is 0. The van der Waals surface area contributed by atoms with Gasteiger partial charge in [-0.25, -0.2) is 0 Å². The molecule has 3 rings (SSSR count). The molecule has 2 N–H and O–H groups in total. The number of para-hydroxylation sites is 1. The molecule has 0 fully saturated rings. The van der Waals surface area contributed by atoms with Crippen LogP contribution < -0.4 is 15.6 Å². The molecule has 0 saturated heterocycles. The van der Waals surface area contributed by atoms with Crippen molar-refractivity contribution in [3.8, 4) is 5.75 Å². The standard InChI is InChI=1S/C19H15IN2O4/c20-16-9-5-4-8-15(16)18(23)21-22-19(24)17-11-10-14(26-17)12-25-13-6-2-1-3-7-13/h1-11H,12H2,(H,21,23)(H,22,24). The largest absolute Gasteiger partial charge is 0.486 e. The lowest BCUT2D eigenvalue weighted by atomic mass is 10.2. The van der Waals surface area contributed by atoms with Crippen molar-refractivity contribution >= 4 is 34.4 Å². The minimum absolute atomic E-state index is 0.0831. The van der Waals surface area contributed by atoms with Gasteiger partial charge in [-0.3, -0.25) is 20.4 Å². The summed E-state index contributed by atoms with van der Waals surface area (Å²) in [5.41, 5.74) is 5.18. The lowest BCUT2D eigenvalue weighted by Gasteiger charge is -2.07. The second-order valence-electron chi connectivity index (χ2n) is 5.26. The predicted octanol–water partition coefficient (Wildman–Crippen LogP) is 3.54. The van der Waals surface area contributed by atoms with E-state index in [4.69, 9.17) is 9.15 Å². The number of nitrogens with one attached hydrogen (secondary N) is 2. The van der Waals surface area contributed by atoms with Crippen molar-refractivity contribution in [2.24, 2.45) is 0 Å². The number of hydrogen-bond donors (Lipinski definition) is 2. The lowest BCUT2D eigenvalue weighted by Crippen LogP contribution is -2.41. The highest BCUT2D eigenvalue weighted by molar-refractivity contribution is 14.1. The van der Waals surface area contributed by atoms with Crippen LogP contribution in [0.25, 0.3) is 0 Å². The fraction of sp³-hybridized carbons (Fsp3) is 0.0526. The van der Waals surface area contributed by atoms with Gasteiger partial charge in [-0.15, -0.1) is 0 Å². The highest BCUT2D eigenvalue weighted by Crippen LogP contribution is 2.14. The number of carbonyl (C=O) groups is 2. The molecule has 0 aliphatic rings. The summed E-state index contributed by atoms with van der Waals surface area (Å²) in [7, 11) is 0. The van der Waals surface area contributed by atoms with Crippen LogP contribution in [0.2, 0.25) is 0 Å². The fourth-order valence-corrected chi connectivity index (χ4v) is 2.77. The van der Waals surface area contributed by atoms with Gasteiger partial charge in [0.2, 0.25) is 0 Å². The van der Waals surface area contributed by atoms with E-state index in [-0.39, 0.29) is 12.4 Å². The molecule has 132 valence electrons. The molecule has 0 unspecified atom stereocenters. The molecule has 2 amide bonds. The molecule has 0 atom stereocenters. The van der Waals surface area contributed by atoms with Crippen molar-refractivity contribution in [1.82, 2.24) is 10.9 Å². The Morgan fingerprint density at radius 2 is 1.58 bits per heavy atom. The first-order chi connectivity index (χ1) is 12.6. The van der Waals surface area contributed by atoms with Crippen LogP contribution in [-0.4, -0.2) is 11.8 Å². The number of hydrazine groups is 1. The molecule has 26 heavy (non-hydrogen) atoms. The number of amides is 2. The molecule has 2 aromatic carbocycles. The van der Waals surface area contributed by atoms with Gasteiger partial charge in [0.15, 0.2) is 5.76 Å². The quantitative estimate of drug-likeness (QED) is 0.449. The van der Waals surface area contributed by atoms with Crippen molar-refractivity contribution in [3.05, 3.63) is 87.4 Å². The van der Waals surface area contributed by atoms with Crippen molar-refractivity contribution in [3.63, 3.8) is 0 Å². The Morgan fingerprint density at radius 1 is 0.885 bits per heavy atom. The van der Waals surface area contributed by atoms with Gasteiger partial charge in [0.25, 0.3) is 5.91 Å². The molecular weight excluding hydrogens is 447 g/mol. The van der Waals surface area contributed by atoms with Gasteiger partial charge in [-0.1, -0.05) is 30.3 Å². The molecule has 0 aliphatic heterocycles. The molecule has 1 aromatic heterocycles. The summed E-state index contributed by atoms with van der Waals surface area (Å²) in [6, 6.07) is 19.5. The molecule has 0 saturated carbocycles. The topological polar surface area (TPSA) is 80.6 Å². The minimum Gasteiger partial charge on any atom is -0.486 e. The number of furan rings is 1. The van der Waals surface area contributed by atoms with E-state index in [1.54, 1.807) is 18.2 Å². The molecule has 1 heterocycles. The number of carbonyl (C=O) groups excluding carboxylic acids is 2. The van der Waals surface area contributed by atoms with E-state index in [0.717, 1.165) is 3.57 Å². The van der Waals surface area contributed by atoms with E-state index in [9.17, 15) is 9.59 Å². The molecular formula is C19H15IN2O4. The predicted molar refractivity (Wildman–Crippen MR) is 104 cm³/mol. The van der Waals surface area contributed by atoms with Crippen LogP contribution in [0.15, 0.2) is 71.1 Å². The monoisotopic (exact) mass is 462 g/mol. The highest BCUT2D eigenvalue weighted by atomic mass is 127. The second-order valence-corrected chi connectivity index (χ2v) is 6.42. The van der Waals surface area contributed by atoms with Gasteiger partial charge < -0.3 is 9.15 Å². The van der Waals surface area contributed by atoms with Crippen LogP contribution in [-0.2, 0) is 6.61 Å². The molecule has 3 aromatic rings. The SMILES string of the molecule is O=C(NNC(=O)c1ccccc1I)c1ccc(COc2ccccc2)o1. The van der Waals surface area contributed by atoms with Gasteiger partial charge in [0.05, 0.1) is 5.56 Å². The lowest BCUT2D eigenvalue weighted by molar-refractivity contribution is 0.0828. The van der Waals surface area contributed by atoms with Gasteiger partial charge in [-0.2, -0.15) is 0 Å². The fourth-order valence-electron chi connectivity index (χ4n) is 2.14. The molecule has 0 spiro atoms. The van der Waals surface area contributed by atoms with E-state index >= 15 is 0 Å². The first kappa shape index (κ1) is 18.0. The molecule has 6 nitrogen and oxygen atoms in total. The smallest absolute Gasteiger partial charge is 0.305 e. The minimum atomic E-state index is -0.546. The van der Waals surface area contributed by atoms with Crippen molar-refractivity contribution in [1.29, 1.82) is 0 Å². The van der Waals surface area contributed by atoms with Crippen LogP contribution >= 0.6 is 22.6 Å². The van der Waals surface area contributed by atoms with Crippen molar-refractivity contribution in [2.45, 2.75) is 6.61 Å². The van der Waals surface area contributed by atoms with E-state index in [2.05, 4.69) is 33.4 Å². The molecule has 7 heteroatoms. The Hall–Kier alpha value is -2.81. The van der Waals surface area contributed by atoms with Crippen molar-refractivity contribution in [2.75, 3.05) is 0 Å². The van der Waals surface area contributed by atoms with Gasteiger partial charge in [-0.05, 0) is 59.0 Å². The molecule has 0 radical (unpaired) electrons. The maximum absolute atomic E-state index is 12.1. The maximum atomic E-state index is 12.1. The molecule has 0 aliphatic carbocycles. The Morgan fingerprint density at radius 3 is 2.35 bits per heavy atom. The van der Waals surface area contributed by atoms with E-state index in [1.165, 1.54) is 6.07 Å². The summed E-state index contributed by atoms with van der Waals surface area (Å²) in [6.45, 7) is 0.200. The summed E-state index contributed by atoms with van der Waals surface area (Å²) < 4.78 is 11.8. The van der Waals surface area contributed by atoms with Crippen LogP contribution in [0.3, 0.4) is 0 Å². The first-order valence-corrected chi connectivity index (χ1v) is 8.83. The summed E-state index contributed by atoms with van der Waals surface area (Å²) in [4.78, 5) is 24.2. The number of hydrogen-bond acceptors (Lipinski definition) is 4. The maximum Gasteiger partial charge on any atom is 0.305 e. The van der Waals surface area contributed by atoms with Gasteiger partial charge >= 0.3 is 5.91 Å². The third-order valence-electron chi connectivity index (χ3n) is 3.42. The van der Waals surface area contributed by atoms with E-state index in [0.29, 0.717) is 17.1 Å². The number of rotatable bonds is 5. The van der Waals surface area contributed by atoms with Gasteiger partial charge in [0, 0.05) is 3.57 Å². The number of ether oxygens (including phenoxy) is 1. The summed E-state index contributed by atoms with van der Waals surface area (Å²) >= 11 is 2.06. The summed E-state index contributed by atoms with van der Waals surface area (Å²) in [5, 5.41) is 0. The van der Waals surface area contributed by atoms with E-state index in [1.807, 2.05) is 42.5 Å². The average molecular weight is 462 g/mol. The Labute approximate surface area is 163 Å². The van der Waals surface area contributed by atoms with Crippen LogP contribution in [0.4, 0.5) is 0 Å². The first-order valence-electron chi connectivity index (χ1n) is 7.75. The zero-order valence-electron chi connectivity index (χ0n) is 13.6. The van der Waals surface area contributed by atoms with Gasteiger partial charge in [0.1, 0.15) is 18.1 Å². The number of halogens is 1. The second kappa shape index (κ2) is 8.52. The number of benzene rings is 2. The Bertz CT molecular complexity index is 909. The Kier molecular flexibility index (Phi) is 5.90. The average Bonchev–Trinajstić information content (AvgIpc) is 3.14. The highest BCUT2D eigenvalue weighted by Gasteiger charge is 2.14. The zero-order chi connectivity index (χ0) is 18.4. The van der Waals surface area contributed by atoms with Crippen LogP contribution in [0, 0.1) is 3.57 Å². The van der Waals surface area contributed by atoms with Crippen molar-refractivity contribution < 1.29 is 18.7 Å². The molecule has 0 bridgehead atoms. The summed E-state index contributed by atoms with van der Waals surface area (Å²) in [5.74, 6) is 0.347. The Balaban J connectivity index is 1.53. The zero-order valence-corrected chi connectivity index (χ0v) is 15.7. The normalized spacial score (nSPS) is 10.2.